The summed E-state index contributed by atoms with van der Waals surface area (Å²) in [6, 6.07) is 3.69. The molecule has 2 aromatic rings. The molecule has 2 saturated heterocycles. The standard InChI is InChI=1S/C17H22N6O2.C2HF3O2/c24-16-11-18-4-9-23(16)14-2-1-6-22(12-14)17(25)20-13-3-7-21-8-5-19-15(21)10-13;3-2(4,5)1(6)7/h3,5,7-8,10,14,18H,1-2,4,6,9,11-12H2,(H,20,25);(H,6,7). The lowest BCUT2D eigenvalue weighted by Crippen LogP contribution is -2.57. The number of carbonyl (C=O) groups excluding carboxylic acids is 2. The molecule has 2 aliphatic rings. The zero-order valence-corrected chi connectivity index (χ0v) is 17.0. The van der Waals surface area contributed by atoms with Crippen LogP contribution < -0.4 is 10.6 Å². The number of pyridine rings is 1. The SMILES string of the molecule is O=C(Nc1ccn2ccnc2c1)N1CCCC(N2CCNCC2=O)C1.O=C(O)C(F)(F)F. The number of imidazole rings is 1. The molecule has 174 valence electrons. The van der Waals surface area contributed by atoms with Crippen molar-refractivity contribution in [1.29, 1.82) is 0 Å². The van der Waals surface area contributed by atoms with E-state index in [0.29, 0.717) is 19.6 Å². The number of amides is 3. The average Bonchev–Trinajstić information content (AvgIpc) is 3.22. The molecule has 10 nitrogen and oxygen atoms in total. The minimum Gasteiger partial charge on any atom is -0.475 e. The van der Waals surface area contributed by atoms with Crippen LogP contribution in [0.1, 0.15) is 12.8 Å². The van der Waals surface area contributed by atoms with Gasteiger partial charge in [0.25, 0.3) is 0 Å². The van der Waals surface area contributed by atoms with Crippen LogP contribution in [-0.4, -0.2) is 87.1 Å². The minimum atomic E-state index is -5.08. The average molecular weight is 456 g/mol. The van der Waals surface area contributed by atoms with E-state index in [4.69, 9.17) is 9.90 Å². The molecule has 1 unspecified atom stereocenters. The van der Waals surface area contributed by atoms with Crippen LogP contribution in [0.15, 0.2) is 30.7 Å². The van der Waals surface area contributed by atoms with Crippen LogP contribution in [0.25, 0.3) is 5.65 Å². The zero-order valence-electron chi connectivity index (χ0n) is 17.0. The monoisotopic (exact) mass is 456 g/mol. The number of piperazine rings is 1. The smallest absolute Gasteiger partial charge is 0.475 e. The van der Waals surface area contributed by atoms with Crippen molar-refractivity contribution in [1.82, 2.24) is 24.5 Å². The Bertz CT molecular complexity index is 979. The molecule has 1 atom stereocenters. The molecule has 3 N–H and O–H groups in total. The van der Waals surface area contributed by atoms with Crippen molar-refractivity contribution in [2.75, 3.05) is 38.0 Å². The van der Waals surface area contributed by atoms with Crippen LogP contribution >= 0.6 is 0 Å². The van der Waals surface area contributed by atoms with Crippen LogP contribution in [0.5, 0.6) is 0 Å². The van der Waals surface area contributed by atoms with Gasteiger partial charge < -0.3 is 29.9 Å². The summed E-state index contributed by atoms with van der Waals surface area (Å²) in [5, 5.41) is 13.2. The Morgan fingerprint density at radius 1 is 1.25 bits per heavy atom. The summed E-state index contributed by atoms with van der Waals surface area (Å²) in [5.74, 6) is -2.63. The number of hydrogen-bond acceptors (Lipinski definition) is 5. The lowest BCUT2D eigenvalue weighted by Gasteiger charge is -2.41. The Morgan fingerprint density at radius 3 is 2.69 bits per heavy atom. The van der Waals surface area contributed by atoms with E-state index in [1.165, 1.54) is 0 Å². The van der Waals surface area contributed by atoms with E-state index in [1.807, 2.05) is 33.8 Å². The van der Waals surface area contributed by atoms with E-state index in [-0.39, 0.29) is 18.0 Å². The van der Waals surface area contributed by atoms with Crippen LogP contribution in [0.3, 0.4) is 0 Å². The summed E-state index contributed by atoms with van der Waals surface area (Å²) in [6.45, 7) is 3.23. The topological polar surface area (TPSA) is 119 Å². The third kappa shape index (κ3) is 5.87. The predicted molar refractivity (Wildman–Crippen MR) is 107 cm³/mol. The van der Waals surface area contributed by atoms with Crippen molar-refractivity contribution in [3.05, 3.63) is 30.7 Å². The highest BCUT2D eigenvalue weighted by Gasteiger charge is 2.38. The molecule has 0 aliphatic carbocycles. The van der Waals surface area contributed by atoms with Gasteiger partial charge in [-0.2, -0.15) is 13.2 Å². The fourth-order valence-corrected chi connectivity index (χ4v) is 3.59. The van der Waals surface area contributed by atoms with Crippen molar-refractivity contribution < 1.29 is 32.7 Å². The second kappa shape index (κ2) is 9.85. The van der Waals surface area contributed by atoms with Gasteiger partial charge in [0.05, 0.1) is 6.54 Å². The fraction of sp³-hybridized carbons (Fsp3) is 0.474. The third-order valence-electron chi connectivity index (χ3n) is 5.14. The number of piperidine rings is 1. The van der Waals surface area contributed by atoms with Gasteiger partial charge in [-0.05, 0) is 18.9 Å². The van der Waals surface area contributed by atoms with Crippen molar-refractivity contribution in [3.8, 4) is 0 Å². The number of anilines is 1. The normalized spacial score (nSPS) is 19.3. The number of rotatable bonds is 2. The van der Waals surface area contributed by atoms with Gasteiger partial charge in [0.1, 0.15) is 5.65 Å². The number of carbonyl (C=O) groups is 3. The van der Waals surface area contributed by atoms with Crippen molar-refractivity contribution in [2.45, 2.75) is 25.1 Å². The number of carboxylic acids is 1. The maximum absolute atomic E-state index is 12.6. The quantitative estimate of drug-likeness (QED) is 0.629. The molecule has 3 amide bonds. The second-order valence-corrected chi connectivity index (χ2v) is 7.35. The maximum atomic E-state index is 12.6. The molecule has 4 rings (SSSR count). The van der Waals surface area contributed by atoms with E-state index >= 15 is 0 Å². The Labute approximate surface area is 181 Å². The first-order chi connectivity index (χ1) is 15.1. The molecule has 0 spiro atoms. The van der Waals surface area contributed by atoms with Gasteiger partial charge in [0.2, 0.25) is 5.91 Å². The van der Waals surface area contributed by atoms with E-state index in [9.17, 15) is 22.8 Å². The minimum absolute atomic E-state index is 0.115. The molecular formula is C19H23F3N6O4. The Hall–Kier alpha value is -3.35. The Balaban J connectivity index is 0.000000360. The zero-order chi connectivity index (χ0) is 23.3. The summed E-state index contributed by atoms with van der Waals surface area (Å²) in [6.07, 6.45) is 2.24. The fourth-order valence-electron chi connectivity index (χ4n) is 3.59. The molecule has 2 aromatic heterocycles. The number of likely N-dealkylation sites (tertiary alicyclic amines) is 1. The first-order valence-electron chi connectivity index (χ1n) is 9.94. The lowest BCUT2D eigenvalue weighted by atomic mass is 10.0. The van der Waals surface area contributed by atoms with Gasteiger partial charge in [-0.1, -0.05) is 0 Å². The number of hydrogen-bond donors (Lipinski definition) is 3. The molecule has 0 radical (unpaired) electrons. The second-order valence-electron chi connectivity index (χ2n) is 7.35. The number of aliphatic carboxylic acids is 1. The van der Waals surface area contributed by atoms with E-state index in [2.05, 4.69) is 15.6 Å². The number of alkyl halides is 3. The van der Waals surface area contributed by atoms with E-state index in [1.54, 1.807) is 11.1 Å². The van der Waals surface area contributed by atoms with Crippen molar-refractivity contribution >= 4 is 29.2 Å². The van der Waals surface area contributed by atoms with Crippen molar-refractivity contribution in [3.63, 3.8) is 0 Å². The Kier molecular flexibility index (Phi) is 7.18. The van der Waals surface area contributed by atoms with Gasteiger partial charge in [-0.15, -0.1) is 0 Å². The number of halogens is 3. The molecule has 0 saturated carbocycles. The van der Waals surface area contributed by atoms with Gasteiger partial charge in [-0.3, -0.25) is 4.79 Å². The predicted octanol–water partition coefficient (Wildman–Crippen LogP) is 1.40. The Morgan fingerprint density at radius 2 is 2.00 bits per heavy atom. The third-order valence-corrected chi connectivity index (χ3v) is 5.14. The number of fused-ring (bicyclic) bond motifs is 1. The van der Waals surface area contributed by atoms with E-state index in [0.717, 1.165) is 37.3 Å². The molecule has 13 heteroatoms. The summed E-state index contributed by atoms with van der Waals surface area (Å²) in [5.41, 5.74) is 1.52. The van der Waals surface area contributed by atoms with Crippen molar-refractivity contribution in [2.24, 2.45) is 0 Å². The van der Waals surface area contributed by atoms with Crippen LogP contribution in [0.2, 0.25) is 0 Å². The number of carboxylic acid groups (broad SMARTS) is 1. The van der Waals surface area contributed by atoms with Gasteiger partial charge in [0.15, 0.2) is 0 Å². The molecular weight excluding hydrogens is 433 g/mol. The summed E-state index contributed by atoms with van der Waals surface area (Å²) in [7, 11) is 0. The van der Waals surface area contributed by atoms with Gasteiger partial charge in [0, 0.05) is 62.6 Å². The molecule has 4 heterocycles. The molecule has 0 bridgehead atoms. The molecule has 2 fully saturated rings. The lowest BCUT2D eigenvalue weighted by molar-refractivity contribution is -0.192. The molecule has 32 heavy (non-hydrogen) atoms. The summed E-state index contributed by atoms with van der Waals surface area (Å²) < 4.78 is 33.6. The highest BCUT2D eigenvalue weighted by atomic mass is 19.4. The number of aromatic nitrogens is 2. The van der Waals surface area contributed by atoms with Gasteiger partial charge in [-0.25, -0.2) is 14.6 Å². The molecule has 0 aromatic carbocycles. The first kappa shape index (κ1) is 23.3. The first-order valence-corrected chi connectivity index (χ1v) is 9.94. The number of nitrogens with one attached hydrogen (secondary N) is 2. The van der Waals surface area contributed by atoms with Crippen LogP contribution in [0.4, 0.5) is 23.7 Å². The van der Waals surface area contributed by atoms with E-state index < -0.39 is 12.1 Å². The highest BCUT2D eigenvalue weighted by molar-refractivity contribution is 5.90. The van der Waals surface area contributed by atoms with Crippen LogP contribution in [0, 0.1) is 0 Å². The number of nitrogens with zero attached hydrogens (tertiary/aromatic N) is 4. The largest absolute Gasteiger partial charge is 0.490 e. The summed E-state index contributed by atoms with van der Waals surface area (Å²) >= 11 is 0. The molecule has 2 aliphatic heterocycles. The number of urea groups is 1. The van der Waals surface area contributed by atoms with Gasteiger partial charge >= 0.3 is 18.2 Å². The maximum Gasteiger partial charge on any atom is 0.490 e. The van der Waals surface area contributed by atoms with Crippen LogP contribution in [-0.2, 0) is 9.59 Å². The highest BCUT2D eigenvalue weighted by Crippen LogP contribution is 2.19. The summed E-state index contributed by atoms with van der Waals surface area (Å²) in [4.78, 5) is 41.6.